The number of nitro groups is 2. The largest absolute Gasteiger partial charge is 0.264 e. The summed E-state index contributed by atoms with van der Waals surface area (Å²) in [5.74, 6) is -0.463. The second kappa shape index (κ2) is 1.28. The molecule has 0 heterocycles. The smallest absolute Gasteiger partial charge is 0.233 e. The van der Waals surface area contributed by atoms with Gasteiger partial charge < -0.3 is 0 Å². The van der Waals surface area contributed by atoms with E-state index in [-0.39, 0.29) is 11.8 Å². The quantitative estimate of drug-likeness (QED) is 0.387. The van der Waals surface area contributed by atoms with Gasteiger partial charge in [-0.05, 0) is 0 Å². The minimum atomic E-state index is -0.588. The Morgan fingerprint density at radius 2 is 1.20 bits per heavy atom. The fourth-order valence-electron chi connectivity index (χ4n) is 1.50. The van der Waals surface area contributed by atoms with Gasteiger partial charge in [0.2, 0.25) is 12.1 Å². The number of fused-ring (bicyclic) bond motifs is 1. The summed E-state index contributed by atoms with van der Waals surface area (Å²) in [7, 11) is 0. The zero-order chi connectivity index (χ0) is 7.46. The van der Waals surface area contributed by atoms with Crippen LogP contribution in [0.25, 0.3) is 0 Å². The first-order chi connectivity index (χ1) is 4.64. The average Bonchev–Trinajstić information content (AvgIpc) is 2.40. The lowest BCUT2D eigenvalue weighted by Gasteiger charge is -1.97. The molecule has 0 N–H and O–H groups in total. The van der Waals surface area contributed by atoms with Crippen LogP contribution in [0.15, 0.2) is 0 Å². The van der Waals surface area contributed by atoms with Crippen molar-refractivity contribution in [2.24, 2.45) is 11.8 Å². The molecule has 0 aliphatic heterocycles. The standard InChI is InChI=1S/C4H4N2O4/c7-5(8)3-1-2(3)4(1)6(9)10/h1-4H. The fourth-order valence-corrected chi connectivity index (χ4v) is 1.50. The van der Waals surface area contributed by atoms with Crippen molar-refractivity contribution in [1.82, 2.24) is 0 Å². The Hall–Kier alpha value is -1.20. The molecule has 0 atom stereocenters. The van der Waals surface area contributed by atoms with Crippen LogP contribution in [0.1, 0.15) is 0 Å². The molecule has 10 heavy (non-hydrogen) atoms. The molecule has 0 aromatic rings. The van der Waals surface area contributed by atoms with Crippen molar-refractivity contribution >= 4 is 0 Å². The van der Waals surface area contributed by atoms with Gasteiger partial charge in [0.1, 0.15) is 11.8 Å². The summed E-state index contributed by atoms with van der Waals surface area (Å²) in [6.45, 7) is 0. The molecular weight excluding hydrogens is 140 g/mol. The van der Waals surface area contributed by atoms with Crippen molar-refractivity contribution in [3.8, 4) is 0 Å². The van der Waals surface area contributed by atoms with Gasteiger partial charge >= 0.3 is 0 Å². The molecule has 2 fully saturated rings. The van der Waals surface area contributed by atoms with Crippen LogP contribution in [0.5, 0.6) is 0 Å². The van der Waals surface area contributed by atoms with Crippen molar-refractivity contribution in [3.05, 3.63) is 20.2 Å². The summed E-state index contributed by atoms with van der Waals surface area (Å²) in [6, 6.07) is -1.18. The number of hydrogen-bond donors (Lipinski definition) is 0. The van der Waals surface area contributed by atoms with Crippen LogP contribution in [0.4, 0.5) is 0 Å². The zero-order valence-corrected chi connectivity index (χ0v) is 4.84. The third kappa shape index (κ3) is 0.440. The van der Waals surface area contributed by atoms with E-state index in [1.54, 1.807) is 0 Å². The van der Waals surface area contributed by atoms with Crippen molar-refractivity contribution in [2.75, 3.05) is 0 Å². The highest BCUT2D eigenvalue weighted by Gasteiger charge is 2.90. The molecule has 0 bridgehead atoms. The Morgan fingerprint density at radius 3 is 1.40 bits per heavy atom. The molecule has 54 valence electrons. The predicted octanol–water partition coefficient (Wildman–Crippen LogP) is -0.463. The normalized spacial score (nSPS) is 47.6. The maximum Gasteiger partial charge on any atom is 0.233 e. The molecule has 6 nitrogen and oxygen atoms in total. The first kappa shape index (κ1) is 5.57. The van der Waals surface area contributed by atoms with Crippen LogP contribution in [0.2, 0.25) is 0 Å². The van der Waals surface area contributed by atoms with Gasteiger partial charge in [-0.3, -0.25) is 20.2 Å². The van der Waals surface area contributed by atoms with Crippen molar-refractivity contribution in [1.29, 1.82) is 0 Å². The van der Waals surface area contributed by atoms with Crippen molar-refractivity contribution in [3.63, 3.8) is 0 Å². The van der Waals surface area contributed by atoms with Gasteiger partial charge in [-0.2, -0.15) is 0 Å². The Kier molecular flexibility index (Phi) is 0.712. The lowest BCUT2D eigenvalue weighted by atomic mass is 10.3. The molecule has 0 amide bonds. The SMILES string of the molecule is O=[N+]([O-])C1C2C1C2[N+](=O)[O-]. The van der Waals surface area contributed by atoms with E-state index >= 15 is 0 Å². The number of nitrogens with zero attached hydrogens (tertiary/aromatic N) is 2. The number of rotatable bonds is 2. The van der Waals surface area contributed by atoms with E-state index < -0.39 is 21.9 Å². The third-order valence-electron chi connectivity index (χ3n) is 2.23. The van der Waals surface area contributed by atoms with Crippen LogP contribution < -0.4 is 0 Å². The molecule has 0 spiro atoms. The van der Waals surface area contributed by atoms with E-state index in [1.165, 1.54) is 0 Å². The molecule has 2 aliphatic carbocycles. The first-order valence-corrected chi connectivity index (χ1v) is 2.91. The molecule has 2 saturated carbocycles. The third-order valence-corrected chi connectivity index (χ3v) is 2.23. The molecule has 0 aromatic heterocycles. The van der Waals surface area contributed by atoms with E-state index in [1.807, 2.05) is 0 Å². The summed E-state index contributed by atoms with van der Waals surface area (Å²) >= 11 is 0. The molecule has 0 saturated heterocycles. The fraction of sp³-hybridized carbons (Fsp3) is 1.00. The van der Waals surface area contributed by atoms with E-state index in [0.29, 0.717) is 0 Å². The topological polar surface area (TPSA) is 86.3 Å². The van der Waals surface area contributed by atoms with Gasteiger partial charge in [-0.25, -0.2) is 0 Å². The minimum absolute atomic E-state index is 0.231. The Morgan fingerprint density at radius 1 is 0.900 bits per heavy atom. The molecule has 0 unspecified atom stereocenters. The van der Waals surface area contributed by atoms with E-state index in [4.69, 9.17) is 0 Å². The van der Waals surface area contributed by atoms with Crippen LogP contribution >= 0.6 is 0 Å². The summed E-state index contributed by atoms with van der Waals surface area (Å²) in [6.07, 6.45) is 0. The van der Waals surface area contributed by atoms with Gasteiger partial charge in [0.05, 0.1) is 0 Å². The lowest BCUT2D eigenvalue weighted by molar-refractivity contribution is -0.558. The summed E-state index contributed by atoms with van der Waals surface area (Å²) in [4.78, 5) is 19.1. The summed E-state index contributed by atoms with van der Waals surface area (Å²) in [5.41, 5.74) is 0. The van der Waals surface area contributed by atoms with Crippen LogP contribution in [0.3, 0.4) is 0 Å². The summed E-state index contributed by atoms with van der Waals surface area (Å²) in [5, 5.41) is 19.9. The van der Waals surface area contributed by atoms with Gasteiger partial charge in [0, 0.05) is 9.85 Å². The Labute approximate surface area is 55.1 Å². The van der Waals surface area contributed by atoms with Crippen molar-refractivity contribution in [2.45, 2.75) is 12.1 Å². The second-order valence-electron chi connectivity index (χ2n) is 2.71. The summed E-state index contributed by atoms with van der Waals surface area (Å²) < 4.78 is 0. The van der Waals surface area contributed by atoms with E-state index in [2.05, 4.69) is 0 Å². The van der Waals surface area contributed by atoms with Crippen LogP contribution in [0, 0.1) is 32.1 Å². The maximum absolute atomic E-state index is 9.95. The second-order valence-corrected chi connectivity index (χ2v) is 2.71. The molecule has 0 radical (unpaired) electrons. The molecule has 2 rings (SSSR count). The molecular formula is C4H4N2O4. The van der Waals surface area contributed by atoms with Crippen molar-refractivity contribution < 1.29 is 9.85 Å². The molecule has 0 aromatic carbocycles. The monoisotopic (exact) mass is 144 g/mol. The Bertz CT molecular complexity index is 195. The van der Waals surface area contributed by atoms with Gasteiger partial charge in [-0.15, -0.1) is 0 Å². The average molecular weight is 144 g/mol. The minimum Gasteiger partial charge on any atom is -0.264 e. The van der Waals surface area contributed by atoms with Gasteiger partial charge in [0.25, 0.3) is 0 Å². The van der Waals surface area contributed by atoms with E-state index in [0.717, 1.165) is 0 Å². The zero-order valence-electron chi connectivity index (χ0n) is 4.84. The van der Waals surface area contributed by atoms with Crippen LogP contribution in [-0.2, 0) is 0 Å². The van der Waals surface area contributed by atoms with Crippen LogP contribution in [-0.4, -0.2) is 21.9 Å². The maximum atomic E-state index is 9.95. The predicted molar refractivity (Wildman–Crippen MR) is 28.5 cm³/mol. The Balaban J connectivity index is 1.92. The van der Waals surface area contributed by atoms with Gasteiger partial charge in [0.15, 0.2) is 0 Å². The lowest BCUT2D eigenvalue weighted by Crippen LogP contribution is -2.24. The molecule has 6 heteroatoms. The van der Waals surface area contributed by atoms with Gasteiger partial charge in [-0.1, -0.05) is 0 Å². The highest BCUT2D eigenvalue weighted by molar-refractivity contribution is 5.22. The van der Waals surface area contributed by atoms with E-state index in [9.17, 15) is 20.2 Å². The highest BCUT2D eigenvalue weighted by atomic mass is 16.6. The highest BCUT2D eigenvalue weighted by Crippen LogP contribution is 2.65. The first-order valence-electron chi connectivity index (χ1n) is 2.91. The molecule has 2 aliphatic rings. The number of hydrogen-bond acceptors (Lipinski definition) is 4.